The van der Waals surface area contributed by atoms with Crippen molar-refractivity contribution in [3.8, 4) is 0 Å². The number of nitrogens with zero attached hydrogens (tertiary/aromatic N) is 3. The van der Waals surface area contributed by atoms with E-state index in [1.165, 1.54) is 4.90 Å². The van der Waals surface area contributed by atoms with E-state index in [-0.39, 0.29) is 12.4 Å². The Kier molecular flexibility index (Phi) is 4.77. The van der Waals surface area contributed by atoms with Crippen LogP contribution in [0.15, 0.2) is 48.7 Å². The molecule has 4 rings (SSSR count). The van der Waals surface area contributed by atoms with E-state index in [0.29, 0.717) is 25.9 Å². The number of urea groups is 1. The van der Waals surface area contributed by atoms with E-state index in [2.05, 4.69) is 10.3 Å². The molecule has 0 bridgehead atoms. The number of alkyl halides is 3. The van der Waals surface area contributed by atoms with E-state index in [4.69, 9.17) is 0 Å². The van der Waals surface area contributed by atoms with Gasteiger partial charge in [-0.2, -0.15) is 13.2 Å². The third kappa shape index (κ3) is 3.35. The molecule has 0 saturated carbocycles. The van der Waals surface area contributed by atoms with E-state index in [1.54, 1.807) is 0 Å². The maximum absolute atomic E-state index is 13.4. The summed E-state index contributed by atoms with van der Waals surface area (Å²) < 4.78 is 39.4. The fourth-order valence-electron chi connectivity index (χ4n) is 3.94. The third-order valence-electron chi connectivity index (χ3n) is 5.46. The Labute approximate surface area is 165 Å². The quantitative estimate of drug-likeness (QED) is 0.798. The Morgan fingerprint density at radius 2 is 1.76 bits per heavy atom. The van der Waals surface area contributed by atoms with Crippen molar-refractivity contribution in [3.05, 3.63) is 59.8 Å². The van der Waals surface area contributed by atoms with E-state index >= 15 is 0 Å². The Hall–Kier alpha value is -2.94. The van der Waals surface area contributed by atoms with Crippen LogP contribution >= 0.6 is 0 Å². The van der Waals surface area contributed by atoms with E-state index in [9.17, 15) is 22.8 Å². The standard InChI is InChI=1S/C20H19F3N4O2/c21-20(22,23)15-6-9-25-16(12-15)27-17(28)19(7-10-24-11-8-19)26(18(27)29)13-14-4-2-1-3-5-14/h1-6,9,12,24H,7-8,10-11,13H2. The van der Waals surface area contributed by atoms with Crippen LogP contribution in [-0.2, 0) is 17.5 Å². The number of carbonyl (C=O) groups excluding carboxylic acids is 2. The number of amides is 3. The summed E-state index contributed by atoms with van der Waals surface area (Å²) >= 11 is 0. The Balaban J connectivity index is 1.75. The van der Waals surface area contributed by atoms with Crippen LogP contribution in [0.4, 0.5) is 23.8 Å². The van der Waals surface area contributed by atoms with Gasteiger partial charge < -0.3 is 10.2 Å². The molecule has 0 unspecified atom stereocenters. The zero-order valence-electron chi connectivity index (χ0n) is 15.4. The molecule has 1 N–H and O–H groups in total. The molecular formula is C20H19F3N4O2. The maximum atomic E-state index is 13.4. The van der Waals surface area contributed by atoms with Crippen LogP contribution < -0.4 is 10.2 Å². The molecule has 29 heavy (non-hydrogen) atoms. The van der Waals surface area contributed by atoms with Crippen LogP contribution in [0.3, 0.4) is 0 Å². The van der Waals surface area contributed by atoms with Gasteiger partial charge in [-0.05, 0) is 43.6 Å². The highest BCUT2D eigenvalue weighted by Gasteiger charge is 2.58. The topological polar surface area (TPSA) is 65.5 Å². The molecule has 2 aromatic rings. The number of piperidine rings is 1. The second-order valence-corrected chi connectivity index (χ2v) is 7.18. The molecule has 9 heteroatoms. The molecule has 3 amide bonds. The lowest BCUT2D eigenvalue weighted by atomic mass is 9.86. The normalized spacial score (nSPS) is 19.3. The van der Waals surface area contributed by atoms with Crippen molar-refractivity contribution in [2.75, 3.05) is 18.0 Å². The molecule has 0 radical (unpaired) electrons. The van der Waals surface area contributed by atoms with Crippen molar-refractivity contribution in [1.29, 1.82) is 0 Å². The number of aromatic nitrogens is 1. The molecule has 2 aliphatic heterocycles. The predicted octanol–water partition coefficient (Wildman–Crippen LogP) is 3.19. The second-order valence-electron chi connectivity index (χ2n) is 7.18. The summed E-state index contributed by atoms with van der Waals surface area (Å²) in [6, 6.07) is 10.1. The predicted molar refractivity (Wildman–Crippen MR) is 98.9 cm³/mol. The highest BCUT2D eigenvalue weighted by molar-refractivity contribution is 6.22. The van der Waals surface area contributed by atoms with Gasteiger partial charge in [-0.25, -0.2) is 14.7 Å². The van der Waals surface area contributed by atoms with Crippen molar-refractivity contribution in [2.45, 2.75) is 31.1 Å². The van der Waals surface area contributed by atoms with E-state index in [0.717, 1.165) is 28.8 Å². The van der Waals surface area contributed by atoms with Crippen LogP contribution in [0.25, 0.3) is 0 Å². The van der Waals surface area contributed by atoms with Crippen LogP contribution in [0.2, 0.25) is 0 Å². The number of imide groups is 1. The second kappa shape index (κ2) is 7.14. The number of halogens is 3. The van der Waals surface area contributed by atoms with Gasteiger partial charge in [0.1, 0.15) is 11.4 Å². The molecule has 6 nitrogen and oxygen atoms in total. The van der Waals surface area contributed by atoms with Gasteiger partial charge in [0.2, 0.25) is 0 Å². The van der Waals surface area contributed by atoms with Crippen molar-refractivity contribution in [2.24, 2.45) is 0 Å². The van der Waals surface area contributed by atoms with E-state index < -0.39 is 29.2 Å². The lowest BCUT2D eigenvalue weighted by molar-refractivity contribution is -0.137. The largest absolute Gasteiger partial charge is 0.416 e. The molecular weight excluding hydrogens is 385 g/mol. The third-order valence-corrected chi connectivity index (χ3v) is 5.46. The molecule has 152 valence electrons. The van der Waals surface area contributed by atoms with Crippen molar-refractivity contribution < 1.29 is 22.8 Å². The highest BCUT2D eigenvalue weighted by atomic mass is 19.4. The van der Waals surface area contributed by atoms with Gasteiger partial charge in [0.25, 0.3) is 5.91 Å². The van der Waals surface area contributed by atoms with Gasteiger partial charge >= 0.3 is 12.2 Å². The average molecular weight is 404 g/mol. The van der Waals surface area contributed by atoms with Gasteiger partial charge in [-0.15, -0.1) is 0 Å². The number of anilines is 1. The van der Waals surface area contributed by atoms with Gasteiger partial charge in [-0.3, -0.25) is 4.79 Å². The lowest BCUT2D eigenvalue weighted by Gasteiger charge is -2.38. The molecule has 1 aromatic carbocycles. The number of hydrogen-bond acceptors (Lipinski definition) is 4. The molecule has 2 saturated heterocycles. The lowest BCUT2D eigenvalue weighted by Crippen LogP contribution is -2.55. The number of rotatable bonds is 3. The van der Waals surface area contributed by atoms with Gasteiger partial charge in [-0.1, -0.05) is 30.3 Å². The fourth-order valence-corrected chi connectivity index (χ4v) is 3.94. The van der Waals surface area contributed by atoms with Crippen LogP contribution in [0.5, 0.6) is 0 Å². The summed E-state index contributed by atoms with van der Waals surface area (Å²) in [6.45, 7) is 1.27. The van der Waals surface area contributed by atoms with Crippen molar-refractivity contribution in [3.63, 3.8) is 0 Å². The summed E-state index contributed by atoms with van der Waals surface area (Å²) in [6.07, 6.45) is -2.85. The zero-order valence-corrected chi connectivity index (χ0v) is 15.4. The number of nitrogens with one attached hydrogen (secondary N) is 1. The molecule has 1 aromatic heterocycles. The average Bonchev–Trinajstić information content (AvgIpc) is 2.90. The first-order valence-electron chi connectivity index (χ1n) is 9.27. The highest BCUT2D eigenvalue weighted by Crippen LogP contribution is 2.39. The van der Waals surface area contributed by atoms with Gasteiger partial charge in [0.05, 0.1) is 5.56 Å². The number of pyridine rings is 1. The summed E-state index contributed by atoms with van der Waals surface area (Å²) in [5, 5.41) is 3.17. The minimum absolute atomic E-state index is 0.195. The Morgan fingerprint density at radius 3 is 2.41 bits per heavy atom. The Bertz CT molecular complexity index is 927. The SMILES string of the molecule is O=C1N(c2cc(C(F)(F)F)ccn2)C(=O)C2(CCNCC2)N1Cc1ccccc1. The Morgan fingerprint density at radius 1 is 1.07 bits per heavy atom. The summed E-state index contributed by atoms with van der Waals surface area (Å²) in [5.41, 5.74) is -1.21. The van der Waals surface area contributed by atoms with Gasteiger partial charge in [0, 0.05) is 12.7 Å². The molecule has 2 fully saturated rings. The van der Waals surface area contributed by atoms with Crippen molar-refractivity contribution >= 4 is 17.8 Å². The number of hydrogen-bond donors (Lipinski definition) is 1. The first-order chi connectivity index (χ1) is 13.8. The molecule has 0 atom stereocenters. The van der Waals surface area contributed by atoms with Crippen molar-refractivity contribution in [1.82, 2.24) is 15.2 Å². The maximum Gasteiger partial charge on any atom is 0.416 e. The minimum Gasteiger partial charge on any atom is -0.317 e. The monoisotopic (exact) mass is 404 g/mol. The number of benzene rings is 1. The van der Waals surface area contributed by atoms with Gasteiger partial charge in [0.15, 0.2) is 0 Å². The molecule has 3 heterocycles. The number of carbonyl (C=O) groups is 2. The molecule has 0 aliphatic carbocycles. The van der Waals surface area contributed by atoms with Crippen LogP contribution in [0.1, 0.15) is 24.0 Å². The molecule has 1 spiro atoms. The fraction of sp³-hybridized carbons (Fsp3) is 0.350. The first-order valence-corrected chi connectivity index (χ1v) is 9.27. The van der Waals surface area contributed by atoms with Crippen LogP contribution in [0, 0.1) is 0 Å². The minimum atomic E-state index is -4.60. The first kappa shape index (κ1) is 19.4. The summed E-state index contributed by atoms with van der Waals surface area (Å²) in [7, 11) is 0. The molecule has 2 aliphatic rings. The summed E-state index contributed by atoms with van der Waals surface area (Å²) in [4.78, 5) is 32.8. The van der Waals surface area contributed by atoms with E-state index in [1.807, 2.05) is 30.3 Å². The van der Waals surface area contributed by atoms with Crippen LogP contribution in [-0.4, -0.2) is 40.5 Å². The zero-order chi connectivity index (χ0) is 20.6. The summed E-state index contributed by atoms with van der Waals surface area (Å²) in [5.74, 6) is -0.824. The smallest absolute Gasteiger partial charge is 0.317 e.